The lowest BCUT2D eigenvalue weighted by Gasteiger charge is -2.19. The standard InChI is InChI=1S/C16H18BrFN2/c1-2-11-3-5-12(6-4-11)16(10-19)20-13-7-8-15(18)14(17)9-13/h3-9,16,20H,2,10,19H2,1H3. The Morgan fingerprint density at radius 3 is 2.45 bits per heavy atom. The average Bonchev–Trinajstić information content (AvgIpc) is 2.48. The molecule has 0 spiro atoms. The van der Waals surface area contributed by atoms with Crippen LogP contribution >= 0.6 is 15.9 Å². The van der Waals surface area contributed by atoms with Gasteiger partial charge < -0.3 is 11.1 Å². The average molecular weight is 337 g/mol. The van der Waals surface area contributed by atoms with Crippen molar-refractivity contribution in [3.8, 4) is 0 Å². The third kappa shape index (κ3) is 3.58. The van der Waals surface area contributed by atoms with Gasteiger partial charge in [0.1, 0.15) is 5.82 Å². The summed E-state index contributed by atoms with van der Waals surface area (Å²) in [5.74, 6) is -0.271. The lowest BCUT2D eigenvalue weighted by Crippen LogP contribution is -2.20. The fraction of sp³-hybridized carbons (Fsp3) is 0.250. The summed E-state index contributed by atoms with van der Waals surface area (Å²) in [6.45, 7) is 2.60. The summed E-state index contributed by atoms with van der Waals surface area (Å²) in [5, 5.41) is 3.33. The molecule has 0 saturated heterocycles. The number of hydrogen-bond acceptors (Lipinski definition) is 2. The number of aryl methyl sites for hydroxylation is 1. The van der Waals surface area contributed by atoms with Crippen LogP contribution in [0.4, 0.5) is 10.1 Å². The highest BCUT2D eigenvalue weighted by molar-refractivity contribution is 9.10. The molecule has 1 unspecified atom stereocenters. The lowest BCUT2D eigenvalue weighted by atomic mass is 10.0. The molecule has 2 nitrogen and oxygen atoms in total. The first kappa shape index (κ1) is 15.0. The van der Waals surface area contributed by atoms with Crippen molar-refractivity contribution < 1.29 is 4.39 Å². The minimum absolute atomic E-state index is 0.0123. The van der Waals surface area contributed by atoms with Crippen LogP contribution in [0.25, 0.3) is 0 Å². The molecule has 0 bridgehead atoms. The van der Waals surface area contributed by atoms with Gasteiger partial charge >= 0.3 is 0 Å². The van der Waals surface area contributed by atoms with E-state index in [9.17, 15) is 4.39 Å². The normalized spacial score (nSPS) is 12.2. The van der Waals surface area contributed by atoms with E-state index >= 15 is 0 Å². The summed E-state index contributed by atoms with van der Waals surface area (Å²) >= 11 is 3.19. The van der Waals surface area contributed by atoms with Gasteiger partial charge in [-0.15, -0.1) is 0 Å². The predicted octanol–water partition coefficient (Wildman–Crippen LogP) is 4.26. The summed E-state index contributed by atoms with van der Waals surface area (Å²) in [6, 6.07) is 13.3. The third-order valence-corrected chi connectivity index (χ3v) is 3.89. The molecule has 0 aliphatic heterocycles. The summed E-state index contributed by atoms with van der Waals surface area (Å²) in [5.41, 5.74) is 9.11. The van der Waals surface area contributed by atoms with E-state index in [0.29, 0.717) is 11.0 Å². The highest BCUT2D eigenvalue weighted by atomic mass is 79.9. The number of hydrogen-bond donors (Lipinski definition) is 2. The zero-order chi connectivity index (χ0) is 14.5. The van der Waals surface area contributed by atoms with Gasteiger partial charge in [-0.25, -0.2) is 4.39 Å². The maximum Gasteiger partial charge on any atom is 0.137 e. The van der Waals surface area contributed by atoms with Gasteiger partial charge in [-0.3, -0.25) is 0 Å². The maximum atomic E-state index is 13.2. The molecule has 2 rings (SSSR count). The van der Waals surface area contributed by atoms with E-state index in [0.717, 1.165) is 17.7 Å². The molecule has 106 valence electrons. The van der Waals surface area contributed by atoms with Gasteiger partial charge in [-0.2, -0.15) is 0 Å². The van der Waals surface area contributed by atoms with E-state index < -0.39 is 0 Å². The first-order chi connectivity index (χ1) is 9.63. The van der Waals surface area contributed by atoms with Crippen molar-refractivity contribution in [3.63, 3.8) is 0 Å². The molecule has 0 aromatic heterocycles. The minimum Gasteiger partial charge on any atom is -0.377 e. The number of halogens is 2. The van der Waals surface area contributed by atoms with Gasteiger partial charge in [0.15, 0.2) is 0 Å². The Bertz CT molecular complexity index is 569. The number of rotatable bonds is 5. The number of nitrogens with two attached hydrogens (primary N) is 1. The first-order valence-electron chi connectivity index (χ1n) is 6.64. The Kier molecular flexibility index (Phi) is 5.15. The topological polar surface area (TPSA) is 38.0 Å². The summed E-state index contributed by atoms with van der Waals surface area (Å²) < 4.78 is 13.7. The van der Waals surface area contributed by atoms with Crippen molar-refractivity contribution in [3.05, 3.63) is 63.9 Å². The number of anilines is 1. The molecule has 1 atom stereocenters. The van der Waals surface area contributed by atoms with Crippen LogP contribution in [0.2, 0.25) is 0 Å². The Balaban J connectivity index is 2.16. The zero-order valence-electron chi connectivity index (χ0n) is 11.4. The second-order valence-electron chi connectivity index (χ2n) is 4.66. The molecule has 0 amide bonds. The van der Waals surface area contributed by atoms with Gasteiger partial charge in [-0.1, -0.05) is 31.2 Å². The smallest absolute Gasteiger partial charge is 0.137 e. The minimum atomic E-state index is -0.271. The van der Waals surface area contributed by atoms with Gasteiger partial charge in [0, 0.05) is 12.2 Å². The van der Waals surface area contributed by atoms with Gasteiger partial charge in [-0.05, 0) is 51.7 Å². The molecule has 0 radical (unpaired) electrons. The fourth-order valence-electron chi connectivity index (χ4n) is 2.05. The van der Waals surface area contributed by atoms with E-state index in [4.69, 9.17) is 5.73 Å². The summed E-state index contributed by atoms with van der Waals surface area (Å²) in [6.07, 6.45) is 1.02. The van der Waals surface area contributed by atoms with Crippen molar-refractivity contribution in [1.29, 1.82) is 0 Å². The maximum absolute atomic E-state index is 13.2. The first-order valence-corrected chi connectivity index (χ1v) is 7.43. The van der Waals surface area contributed by atoms with E-state index in [1.54, 1.807) is 12.1 Å². The molecule has 4 heteroatoms. The molecule has 2 aromatic carbocycles. The highest BCUT2D eigenvalue weighted by Crippen LogP contribution is 2.24. The molecule has 20 heavy (non-hydrogen) atoms. The Morgan fingerprint density at radius 1 is 1.20 bits per heavy atom. The molecule has 0 fully saturated rings. The quantitative estimate of drug-likeness (QED) is 0.855. The van der Waals surface area contributed by atoms with Gasteiger partial charge in [0.25, 0.3) is 0 Å². The van der Waals surface area contributed by atoms with Crippen LogP contribution in [-0.4, -0.2) is 6.54 Å². The van der Waals surface area contributed by atoms with Gasteiger partial charge in [0.2, 0.25) is 0 Å². The Morgan fingerprint density at radius 2 is 1.90 bits per heavy atom. The van der Waals surface area contributed by atoms with Crippen LogP contribution < -0.4 is 11.1 Å². The molecule has 0 aliphatic rings. The zero-order valence-corrected chi connectivity index (χ0v) is 13.0. The van der Waals surface area contributed by atoms with Crippen molar-refractivity contribution >= 4 is 21.6 Å². The summed E-state index contributed by atoms with van der Waals surface area (Å²) in [7, 11) is 0. The monoisotopic (exact) mass is 336 g/mol. The van der Waals surface area contributed by atoms with Crippen LogP contribution in [0.5, 0.6) is 0 Å². The third-order valence-electron chi connectivity index (χ3n) is 3.29. The van der Waals surface area contributed by atoms with Crippen molar-refractivity contribution in [2.75, 3.05) is 11.9 Å². The SMILES string of the molecule is CCc1ccc(C(CN)Nc2ccc(F)c(Br)c2)cc1. The van der Waals surface area contributed by atoms with Crippen LogP contribution in [0.3, 0.4) is 0 Å². The molecule has 3 N–H and O–H groups in total. The second-order valence-corrected chi connectivity index (χ2v) is 5.51. The molecule has 0 saturated carbocycles. The molecule has 0 heterocycles. The molecule has 0 aliphatic carbocycles. The Labute approximate surface area is 127 Å². The van der Waals surface area contributed by atoms with Crippen LogP contribution in [0.1, 0.15) is 24.1 Å². The Hall–Kier alpha value is -1.39. The fourth-order valence-corrected chi connectivity index (χ4v) is 2.43. The van der Waals surface area contributed by atoms with Crippen LogP contribution in [0.15, 0.2) is 46.9 Å². The van der Waals surface area contributed by atoms with Crippen LogP contribution in [-0.2, 0) is 6.42 Å². The van der Waals surface area contributed by atoms with Crippen molar-refractivity contribution in [1.82, 2.24) is 0 Å². The number of nitrogens with one attached hydrogen (secondary N) is 1. The summed E-state index contributed by atoms with van der Waals surface area (Å²) in [4.78, 5) is 0. The van der Waals surface area contributed by atoms with Crippen molar-refractivity contribution in [2.45, 2.75) is 19.4 Å². The van der Waals surface area contributed by atoms with Crippen LogP contribution in [0, 0.1) is 5.82 Å². The molecular weight excluding hydrogens is 319 g/mol. The van der Waals surface area contributed by atoms with E-state index in [1.165, 1.54) is 11.6 Å². The second kappa shape index (κ2) is 6.86. The highest BCUT2D eigenvalue weighted by Gasteiger charge is 2.10. The van der Waals surface area contributed by atoms with E-state index in [2.05, 4.69) is 52.4 Å². The molecule has 2 aromatic rings. The van der Waals surface area contributed by atoms with E-state index in [-0.39, 0.29) is 11.9 Å². The van der Waals surface area contributed by atoms with Gasteiger partial charge in [0.05, 0.1) is 10.5 Å². The van der Waals surface area contributed by atoms with E-state index in [1.807, 2.05) is 0 Å². The van der Waals surface area contributed by atoms with Crippen molar-refractivity contribution in [2.24, 2.45) is 5.73 Å². The predicted molar refractivity (Wildman–Crippen MR) is 85.3 cm³/mol. The largest absolute Gasteiger partial charge is 0.377 e. The lowest BCUT2D eigenvalue weighted by molar-refractivity contribution is 0.621. The molecular formula is C16H18BrFN2. The number of benzene rings is 2.